The molecule has 3 aromatic rings. The molecule has 0 bridgehead atoms. The fraction of sp³-hybridized carbons (Fsp3) is 0.190. The number of methoxy groups -OCH3 is 1. The third kappa shape index (κ3) is 3.80. The smallest absolute Gasteiger partial charge is 0.310 e. The highest BCUT2D eigenvalue weighted by Gasteiger charge is 2.21. The molecule has 0 radical (unpaired) electrons. The predicted octanol–water partition coefficient (Wildman–Crippen LogP) is 3.50. The highest BCUT2D eigenvalue weighted by Crippen LogP contribution is 2.36. The first-order valence-corrected chi connectivity index (χ1v) is 8.48. The van der Waals surface area contributed by atoms with Gasteiger partial charge in [-0.25, -0.2) is 9.97 Å². The first-order chi connectivity index (χ1) is 13.0. The second-order valence-electron chi connectivity index (χ2n) is 6.11. The quantitative estimate of drug-likeness (QED) is 0.695. The van der Waals surface area contributed by atoms with Crippen molar-refractivity contribution in [1.29, 1.82) is 0 Å². The van der Waals surface area contributed by atoms with Gasteiger partial charge in [-0.2, -0.15) is 0 Å². The number of benzene rings is 2. The molecule has 0 aliphatic rings. The van der Waals surface area contributed by atoms with Crippen LogP contribution in [0.2, 0.25) is 0 Å². The Bertz CT molecular complexity index is 955. The molecule has 1 aromatic heterocycles. The number of carboxylic acids is 1. The van der Waals surface area contributed by atoms with Crippen molar-refractivity contribution >= 4 is 5.97 Å². The Hall–Kier alpha value is -3.25. The topological polar surface area (TPSA) is 92.5 Å². The molecule has 27 heavy (non-hydrogen) atoms. The molecule has 138 valence electrons. The Kier molecular flexibility index (Phi) is 5.47. The Morgan fingerprint density at radius 1 is 1.15 bits per heavy atom. The molecule has 0 spiro atoms. The molecule has 0 amide bonds. The summed E-state index contributed by atoms with van der Waals surface area (Å²) in [6.45, 7) is 1.60. The van der Waals surface area contributed by atoms with Gasteiger partial charge in [0, 0.05) is 22.9 Å². The minimum absolute atomic E-state index is 0.0209. The molecule has 0 saturated heterocycles. The van der Waals surface area contributed by atoms with Gasteiger partial charge >= 0.3 is 5.97 Å². The van der Waals surface area contributed by atoms with Crippen molar-refractivity contribution in [1.82, 2.24) is 9.97 Å². The number of ether oxygens (including phenoxy) is 1. The van der Waals surface area contributed by atoms with E-state index in [-0.39, 0.29) is 6.61 Å². The van der Waals surface area contributed by atoms with Crippen LogP contribution in [0.25, 0.3) is 22.6 Å². The Balaban J connectivity index is 2.06. The van der Waals surface area contributed by atoms with Crippen LogP contribution >= 0.6 is 0 Å². The molecule has 1 heterocycles. The number of hydrogen-bond donors (Lipinski definition) is 2. The Morgan fingerprint density at radius 3 is 2.52 bits per heavy atom. The van der Waals surface area contributed by atoms with E-state index in [2.05, 4.69) is 9.97 Å². The second-order valence-corrected chi connectivity index (χ2v) is 6.11. The largest absolute Gasteiger partial charge is 0.496 e. The molecule has 2 N–H and O–H groups in total. The summed E-state index contributed by atoms with van der Waals surface area (Å²) in [4.78, 5) is 20.4. The van der Waals surface area contributed by atoms with Gasteiger partial charge in [0.15, 0.2) is 5.82 Å². The monoisotopic (exact) mass is 364 g/mol. The summed E-state index contributed by atoms with van der Waals surface area (Å²) in [6, 6.07) is 14.5. The van der Waals surface area contributed by atoms with E-state index in [1.54, 1.807) is 31.3 Å². The molecular formula is C21H20N2O4. The highest BCUT2D eigenvalue weighted by atomic mass is 16.5. The molecule has 0 aliphatic carbocycles. The van der Waals surface area contributed by atoms with Gasteiger partial charge in [0.1, 0.15) is 5.75 Å². The third-order valence-electron chi connectivity index (χ3n) is 4.41. The van der Waals surface area contributed by atoms with Gasteiger partial charge in [0.2, 0.25) is 0 Å². The van der Waals surface area contributed by atoms with Crippen LogP contribution in [0.5, 0.6) is 5.75 Å². The first kappa shape index (κ1) is 18.5. The zero-order chi connectivity index (χ0) is 19.4. The maximum atomic E-state index is 11.4. The Labute approximate surface area is 157 Å². The van der Waals surface area contributed by atoms with E-state index in [0.717, 1.165) is 11.1 Å². The first-order valence-electron chi connectivity index (χ1n) is 8.48. The lowest BCUT2D eigenvalue weighted by molar-refractivity contribution is -0.138. The molecule has 3 rings (SSSR count). The van der Waals surface area contributed by atoms with Crippen LogP contribution in [0.15, 0.2) is 54.7 Å². The minimum atomic E-state index is -0.919. The Morgan fingerprint density at radius 2 is 1.89 bits per heavy atom. The van der Waals surface area contributed by atoms with Crippen LogP contribution in [-0.2, 0) is 11.4 Å². The number of aliphatic hydroxyl groups excluding tert-OH is 1. The van der Waals surface area contributed by atoms with Gasteiger partial charge in [-0.1, -0.05) is 36.4 Å². The molecule has 0 aliphatic heterocycles. The van der Waals surface area contributed by atoms with Crippen LogP contribution in [0.4, 0.5) is 0 Å². The van der Waals surface area contributed by atoms with Crippen molar-refractivity contribution in [2.45, 2.75) is 19.4 Å². The van der Waals surface area contributed by atoms with E-state index in [1.165, 1.54) is 7.11 Å². The summed E-state index contributed by atoms with van der Waals surface area (Å²) >= 11 is 0. The van der Waals surface area contributed by atoms with Crippen LogP contribution in [-0.4, -0.2) is 33.3 Å². The van der Waals surface area contributed by atoms with Gasteiger partial charge in [-0.15, -0.1) is 0 Å². The van der Waals surface area contributed by atoms with Gasteiger partial charge in [0.05, 0.1) is 25.3 Å². The van der Waals surface area contributed by atoms with E-state index < -0.39 is 11.9 Å². The van der Waals surface area contributed by atoms with Crippen molar-refractivity contribution in [2.24, 2.45) is 0 Å². The number of carboxylic acid groups (broad SMARTS) is 1. The number of nitrogens with zero attached hydrogens (tertiary/aromatic N) is 2. The number of aliphatic carboxylic acids is 1. The average Bonchev–Trinajstić information content (AvgIpc) is 2.72. The number of aromatic nitrogens is 2. The predicted molar refractivity (Wildman–Crippen MR) is 101 cm³/mol. The van der Waals surface area contributed by atoms with E-state index in [4.69, 9.17) is 4.74 Å². The minimum Gasteiger partial charge on any atom is -0.496 e. The van der Waals surface area contributed by atoms with Crippen molar-refractivity contribution in [3.05, 3.63) is 65.9 Å². The van der Waals surface area contributed by atoms with Crippen LogP contribution in [0.3, 0.4) is 0 Å². The van der Waals surface area contributed by atoms with E-state index in [1.807, 2.05) is 30.3 Å². The maximum absolute atomic E-state index is 11.4. The number of hydrogen-bond acceptors (Lipinski definition) is 5. The third-order valence-corrected chi connectivity index (χ3v) is 4.41. The molecule has 6 nitrogen and oxygen atoms in total. The number of rotatable bonds is 6. The zero-order valence-corrected chi connectivity index (χ0v) is 15.1. The molecule has 0 saturated carbocycles. The van der Waals surface area contributed by atoms with Crippen LogP contribution in [0.1, 0.15) is 24.0 Å². The molecule has 0 fully saturated rings. The number of carbonyl (C=O) groups is 1. The highest BCUT2D eigenvalue weighted by molar-refractivity contribution is 5.80. The van der Waals surface area contributed by atoms with Gasteiger partial charge < -0.3 is 14.9 Å². The summed E-state index contributed by atoms with van der Waals surface area (Å²) in [5.41, 5.74) is 3.58. The summed E-state index contributed by atoms with van der Waals surface area (Å²) in [5, 5.41) is 18.5. The van der Waals surface area contributed by atoms with Crippen LogP contribution < -0.4 is 4.74 Å². The number of aliphatic hydroxyl groups is 1. The number of para-hydroxylation sites is 1. The lowest BCUT2D eigenvalue weighted by Crippen LogP contribution is -2.09. The molecular weight excluding hydrogens is 344 g/mol. The summed E-state index contributed by atoms with van der Waals surface area (Å²) in [7, 11) is 1.52. The SMILES string of the molecule is COc1c(-c2ccnc(-c3ccc(CO)cc3)n2)cccc1C(C)C(=O)O. The standard InChI is InChI=1S/C21H20N2O4/c1-13(21(25)26)16-4-3-5-17(19(16)27-2)18-10-11-22-20(23-18)15-8-6-14(12-24)7-9-15/h3-11,13,24H,12H2,1-2H3,(H,25,26). The van der Waals surface area contributed by atoms with Crippen LogP contribution in [0, 0.1) is 0 Å². The fourth-order valence-electron chi connectivity index (χ4n) is 2.87. The van der Waals surface area contributed by atoms with E-state index >= 15 is 0 Å². The summed E-state index contributed by atoms with van der Waals surface area (Å²) in [5.74, 6) is -0.589. The second kappa shape index (κ2) is 7.97. The van der Waals surface area contributed by atoms with Crippen molar-refractivity contribution in [3.8, 4) is 28.4 Å². The van der Waals surface area contributed by atoms with Crippen molar-refractivity contribution in [3.63, 3.8) is 0 Å². The maximum Gasteiger partial charge on any atom is 0.310 e. The molecule has 1 atom stereocenters. The lowest BCUT2D eigenvalue weighted by atomic mass is 9.96. The van der Waals surface area contributed by atoms with Gasteiger partial charge in [-0.3, -0.25) is 4.79 Å². The van der Waals surface area contributed by atoms with Gasteiger partial charge in [0.25, 0.3) is 0 Å². The lowest BCUT2D eigenvalue weighted by Gasteiger charge is -2.16. The van der Waals surface area contributed by atoms with Crippen molar-refractivity contribution < 1.29 is 19.7 Å². The average molecular weight is 364 g/mol. The summed E-state index contributed by atoms with van der Waals surface area (Å²) < 4.78 is 5.53. The van der Waals surface area contributed by atoms with Gasteiger partial charge in [-0.05, 0) is 24.6 Å². The normalized spacial score (nSPS) is 11.8. The van der Waals surface area contributed by atoms with E-state index in [9.17, 15) is 15.0 Å². The molecule has 2 aromatic carbocycles. The van der Waals surface area contributed by atoms with Crippen molar-refractivity contribution in [2.75, 3.05) is 7.11 Å². The summed E-state index contributed by atoms with van der Waals surface area (Å²) in [6.07, 6.45) is 1.66. The molecule has 6 heteroatoms. The zero-order valence-electron chi connectivity index (χ0n) is 15.1. The van der Waals surface area contributed by atoms with E-state index in [0.29, 0.717) is 28.4 Å². The molecule has 1 unspecified atom stereocenters. The fourth-order valence-corrected chi connectivity index (χ4v) is 2.87.